The van der Waals surface area contributed by atoms with E-state index in [2.05, 4.69) is 47.5 Å². The van der Waals surface area contributed by atoms with Gasteiger partial charge in [-0.1, -0.05) is 74.5 Å². The summed E-state index contributed by atoms with van der Waals surface area (Å²) in [7, 11) is 0. The van der Waals surface area contributed by atoms with Gasteiger partial charge in [-0.15, -0.1) is 0 Å². The molecule has 2 heterocycles. The highest BCUT2D eigenvalue weighted by Crippen LogP contribution is 2.24. The lowest BCUT2D eigenvalue weighted by Crippen LogP contribution is -2.60. The first kappa shape index (κ1) is 78.5. The van der Waals surface area contributed by atoms with E-state index in [-0.39, 0.29) is 83.0 Å². The molecule has 4 rings (SSSR count). The highest BCUT2D eigenvalue weighted by atomic mass is 32.2. The molecule has 0 aliphatic carbocycles. The van der Waals surface area contributed by atoms with Gasteiger partial charge in [0.05, 0.1) is 12.6 Å². The van der Waals surface area contributed by atoms with Gasteiger partial charge in [0.15, 0.2) is 5.96 Å². The van der Waals surface area contributed by atoms with E-state index in [9.17, 15) is 62.3 Å². The highest BCUT2D eigenvalue weighted by Gasteiger charge is 2.42. The van der Waals surface area contributed by atoms with Gasteiger partial charge in [-0.05, 0) is 119 Å². The van der Waals surface area contributed by atoms with E-state index in [4.69, 9.17) is 40.1 Å². The van der Waals surface area contributed by atoms with Crippen LogP contribution in [0.3, 0.4) is 0 Å². The van der Waals surface area contributed by atoms with Gasteiger partial charge in [-0.25, -0.2) is 0 Å². The van der Waals surface area contributed by atoms with E-state index in [0.29, 0.717) is 55.4 Å². The van der Waals surface area contributed by atoms with E-state index in [0.717, 1.165) is 0 Å². The van der Waals surface area contributed by atoms with Crippen molar-refractivity contribution in [1.29, 1.82) is 0 Å². The Hall–Kier alpha value is -8.91. The van der Waals surface area contributed by atoms with Gasteiger partial charge in [-0.3, -0.25) is 67.3 Å². The fraction of sp³-hybridized carbons (Fsp3) is 0.587. The molecule has 0 unspecified atom stereocenters. The largest absolute Gasteiger partial charge is 0.370 e. The van der Waals surface area contributed by atoms with Gasteiger partial charge in [0.1, 0.15) is 54.4 Å². The number of primary amides is 3. The number of nitrogens with one attached hydrogen (secondary N) is 8. The van der Waals surface area contributed by atoms with Crippen LogP contribution in [0.1, 0.15) is 121 Å². The molecule has 10 atom stereocenters. The van der Waals surface area contributed by atoms with Gasteiger partial charge in [0.25, 0.3) is 0 Å². The van der Waals surface area contributed by atoms with Gasteiger partial charge in [0, 0.05) is 45.3 Å². The van der Waals surface area contributed by atoms with Crippen molar-refractivity contribution >= 4 is 94.5 Å². The summed E-state index contributed by atoms with van der Waals surface area (Å²) in [5, 5.41) is 21.1. The smallest absolute Gasteiger partial charge is 0.245 e. The third kappa shape index (κ3) is 27.5. The van der Waals surface area contributed by atoms with Crippen LogP contribution in [0.4, 0.5) is 0 Å². The number of nitrogens with two attached hydrogens (primary N) is 7. The number of aliphatic imine (C=N–C) groups is 1. The highest BCUT2D eigenvalue weighted by molar-refractivity contribution is 7.98. The standard InChI is InChI=1S/C63H98N18O13S/c1-37(2)33-45(57(89)74-41(53(68)85)27-32-95-3)73-52(84)36-72-54(86)46(34-38-15-6-4-7-16-38)78-58(90)47(35-39-17-8-5-9-18-39)79-56(88)42(23-25-50(66)82)75-55(87)43(24-26-51(67)83)76-59(91)49-22-14-31-81(49)62(94)44(20-10-11-28-64)77-60(92)48-21-13-30-80(48)61(93)40(65)19-12-29-71-63(69)70/h4-9,15-18,37,40-49H,10-14,19-36,64-65H2,1-3H3,(H2,66,82)(H2,67,83)(H2,68,85)(H,72,86)(H,73,84)(H,74,89)(H,75,87)(H,76,91)(H,77,92)(H,78,90)(H,79,88)(H4,69,70,71)/t40-,41+,42-,43-,44-,45-,46-,47+,48-,49-/m1/s1. The Kier molecular flexibility index (Phi) is 33.9. The molecular formula is C63H98N18O13S. The van der Waals surface area contributed by atoms with Crippen molar-refractivity contribution in [2.45, 2.75) is 183 Å². The number of carbonyl (C=O) groups is 13. The molecule has 2 aliphatic rings. The first-order chi connectivity index (χ1) is 45.2. The Bertz CT molecular complexity index is 2960. The van der Waals surface area contributed by atoms with Crippen molar-refractivity contribution < 1.29 is 62.3 Å². The molecule has 13 amide bonds. The number of unbranched alkanes of at least 4 members (excludes halogenated alkanes) is 1. The lowest BCUT2D eigenvalue weighted by molar-refractivity contribution is -0.144. The number of hydrogen-bond acceptors (Lipinski definition) is 17. The second-order valence-corrected chi connectivity index (χ2v) is 25.1. The molecule has 2 aliphatic heterocycles. The monoisotopic (exact) mass is 1350 g/mol. The molecule has 2 saturated heterocycles. The second-order valence-electron chi connectivity index (χ2n) is 24.1. The maximum atomic E-state index is 14.7. The number of amides is 13. The van der Waals surface area contributed by atoms with Gasteiger partial charge >= 0.3 is 0 Å². The lowest BCUT2D eigenvalue weighted by Gasteiger charge is -2.32. The zero-order chi connectivity index (χ0) is 70.1. The maximum Gasteiger partial charge on any atom is 0.245 e. The van der Waals surface area contributed by atoms with Crippen LogP contribution in [0.25, 0.3) is 0 Å². The van der Waals surface area contributed by atoms with Gasteiger partial charge in [-0.2, -0.15) is 11.8 Å². The number of likely N-dealkylation sites (tertiary alicyclic amines) is 2. The summed E-state index contributed by atoms with van der Waals surface area (Å²) in [4.78, 5) is 185. The normalized spacial score (nSPS) is 16.8. The van der Waals surface area contributed by atoms with E-state index in [1.807, 2.05) is 20.1 Å². The molecule has 2 aromatic rings. The van der Waals surface area contributed by atoms with Crippen molar-refractivity contribution in [3.05, 3.63) is 71.8 Å². The van der Waals surface area contributed by atoms with E-state index < -0.39 is 169 Å². The summed E-state index contributed by atoms with van der Waals surface area (Å²) in [6, 6.07) is 4.51. The van der Waals surface area contributed by atoms with Crippen LogP contribution in [0, 0.1) is 5.92 Å². The summed E-state index contributed by atoms with van der Waals surface area (Å²) in [6.07, 6.45) is 3.12. The first-order valence-corrected chi connectivity index (χ1v) is 33.6. The van der Waals surface area contributed by atoms with Crippen molar-refractivity contribution in [1.82, 2.24) is 52.3 Å². The fourth-order valence-corrected chi connectivity index (χ4v) is 11.5. The Labute approximate surface area is 558 Å². The lowest BCUT2D eigenvalue weighted by atomic mass is 10.0. The molecule has 0 saturated carbocycles. The van der Waals surface area contributed by atoms with Crippen molar-refractivity contribution in [3.8, 4) is 0 Å². The molecule has 22 N–H and O–H groups in total. The average Bonchev–Trinajstić information content (AvgIpc) is 1.74. The van der Waals surface area contributed by atoms with E-state index >= 15 is 0 Å². The Morgan fingerprint density at radius 3 is 1.51 bits per heavy atom. The molecule has 0 spiro atoms. The Morgan fingerprint density at radius 1 is 0.537 bits per heavy atom. The minimum Gasteiger partial charge on any atom is -0.370 e. The predicted molar refractivity (Wildman–Crippen MR) is 356 cm³/mol. The first-order valence-electron chi connectivity index (χ1n) is 32.2. The minimum absolute atomic E-state index is 0.0736. The van der Waals surface area contributed by atoms with Crippen molar-refractivity contribution in [3.63, 3.8) is 0 Å². The minimum atomic E-state index is -1.64. The molecule has 2 fully saturated rings. The summed E-state index contributed by atoms with van der Waals surface area (Å²) in [6.45, 7) is 3.86. The van der Waals surface area contributed by atoms with Gasteiger partial charge in [0.2, 0.25) is 76.8 Å². The van der Waals surface area contributed by atoms with Crippen molar-refractivity contribution in [2.75, 3.05) is 44.7 Å². The number of nitrogens with zero attached hydrogens (tertiary/aromatic N) is 3. The zero-order valence-electron chi connectivity index (χ0n) is 54.5. The molecule has 0 radical (unpaired) electrons. The molecular weight excluding hydrogens is 1250 g/mol. The SMILES string of the molecule is CSCC[C@H](NC(=O)[C@@H](CC(C)C)NC(=O)CNC(=O)[C@@H](Cc1ccccc1)NC(=O)[C@H](Cc1ccccc1)NC(=O)[C@@H](CCC(N)=O)NC(=O)[C@@H](CCC(N)=O)NC(=O)[C@H]1CCCN1C(=O)[C@@H](CCCCN)NC(=O)[C@H]1CCCN1C(=O)[C@H](N)CCCN=C(N)N)C(N)=O. The van der Waals surface area contributed by atoms with E-state index in [1.54, 1.807) is 60.7 Å². The summed E-state index contributed by atoms with van der Waals surface area (Å²) < 4.78 is 0. The number of guanidine groups is 1. The molecule has 0 bridgehead atoms. The van der Waals surface area contributed by atoms with Crippen LogP contribution in [0.2, 0.25) is 0 Å². The van der Waals surface area contributed by atoms with Crippen molar-refractivity contribution in [2.24, 2.45) is 51.0 Å². The zero-order valence-corrected chi connectivity index (χ0v) is 55.3. The predicted octanol–water partition coefficient (Wildman–Crippen LogP) is -3.71. The second kappa shape index (κ2) is 41.0. The average molecular weight is 1350 g/mol. The maximum absolute atomic E-state index is 14.7. The third-order valence-corrected chi connectivity index (χ3v) is 16.7. The van der Waals surface area contributed by atoms with Gasteiger partial charge < -0.3 is 92.5 Å². The Morgan fingerprint density at radius 2 is 1.01 bits per heavy atom. The number of thioether (sulfide) groups is 1. The quantitative estimate of drug-likeness (QED) is 0.0173. The van der Waals surface area contributed by atoms with Crippen LogP contribution in [-0.4, -0.2) is 198 Å². The third-order valence-electron chi connectivity index (χ3n) is 16.0. The number of benzene rings is 2. The summed E-state index contributed by atoms with van der Waals surface area (Å²) in [5.41, 5.74) is 40.6. The fourth-order valence-electron chi connectivity index (χ4n) is 11.0. The molecule has 95 heavy (non-hydrogen) atoms. The summed E-state index contributed by atoms with van der Waals surface area (Å²) >= 11 is 1.45. The topological polar surface area (TPSA) is 519 Å². The molecule has 31 nitrogen and oxygen atoms in total. The molecule has 2 aromatic carbocycles. The van der Waals surface area contributed by atoms with Crippen LogP contribution in [0.5, 0.6) is 0 Å². The van der Waals surface area contributed by atoms with Crippen LogP contribution >= 0.6 is 11.8 Å². The molecule has 32 heteroatoms. The van der Waals surface area contributed by atoms with Crippen LogP contribution in [-0.2, 0) is 75.2 Å². The number of hydrogen-bond donors (Lipinski definition) is 15. The molecule has 524 valence electrons. The number of carbonyl (C=O) groups excluding carboxylic acids is 13. The van der Waals surface area contributed by atoms with E-state index in [1.165, 1.54) is 21.6 Å². The molecule has 0 aromatic heterocycles. The number of rotatable bonds is 42. The van der Waals surface area contributed by atoms with Crippen LogP contribution < -0.4 is 82.7 Å². The Balaban J connectivity index is 1.56. The summed E-state index contributed by atoms with van der Waals surface area (Å²) in [5.74, 6) is -9.80. The van der Waals surface area contributed by atoms with Crippen LogP contribution in [0.15, 0.2) is 65.7 Å².